The first-order chi connectivity index (χ1) is 10.7. The Morgan fingerprint density at radius 1 is 1.09 bits per heavy atom. The van der Waals surface area contributed by atoms with Crippen molar-refractivity contribution in [1.82, 2.24) is 5.32 Å². The van der Waals surface area contributed by atoms with Gasteiger partial charge in [0.2, 0.25) is 5.91 Å². The van der Waals surface area contributed by atoms with Crippen molar-refractivity contribution in [2.75, 3.05) is 12.3 Å². The van der Waals surface area contributed by atoms with Crippen LogP contribution in [0, 0.1) is 0 Å². The Hall–Kier alpha value is -1.45. The second-order valence-electron chi connectivity index (χ2n) is 5.00. The Labute approximate surface area is 141 Å². The largest absolute Gasteiger partial charge is 0.355 e. The molecule has 22 heavy (non-hydrogen) atoms. The van der Waals surface area contributed by atoms with Crippen molar-refractivity contribution in [3.8, 4) is 0 Å². The first-order valence-corrected chi connectivity index (χ1v) is 8.82. The predicted molar refractivity (Wildman–Crippen MR) is 95.5 cm³/mol. The van der Waals surface area contributed by atoms with Gasteiger partial charge in [-0.2, -0.15) is 0 Å². The molecule has 0 saturated carbocycles. The van der Waals surface area contributed by atoms with Crippen LogP contribution in [0.1, 0.15) is 29.7 Å². The number of nitrogens with one attached hydrogen (secondary N) is 1. The number of benzene rings is 2. The lowest BCUT2D eigenvalue weighted by atomic mass is 10.0. The normalized spacial score (nSPS) is 11.9. The standard InChI is InChI=1S/C18H20ClNOS/c1-2-12-20-17(21)13-22-18(14-6-4-3-5-7-14)15-8-10-16(19)11-9-15/h3-11,18H,2,12-13H2,1H3,(H,20,21). The molecule has 4 heteroatoms. The van der Waals surface area contributed by atoms with Crippen molar-refractivity contribution in [2.24, 2.45) is 0 Å². The number of carbonyl (C=O) groups excluding carboxylic acids is 1. The molecule has 1 unspecified atom stereocenters. The van der Waals surface area contributed by atoms with Crippen LogP contribution in [0.4, 0.5) is 0 Å². The molecule has 0 heterocycles. The molecule has 0 spiro atoms. The zero-order valence-corrected chi connectivity index (χ0v) is 14.2. The summed E-state index contributed by atoms with van der Waals surface area (Å²) in [5.41, 5.74) is 2.35. The molecule has 1 amide bonds. The molecule has 0 aromatic heterocycles. The number of carbonyl (C=O) groups is 1. The fourth-order valence-corrected chi connectivity index (χ4v) is 3.37. The lowest BCUT2D eigenvalue weighted by Crippen LogP contribution is -2.26. The van der Waals surface area contributed by atoms with Crippen LogP contribution in [-0.2, 0) is 4.79 Å². The number of hydrogen-bond acceptors (Lipinski definition) is 2. The zero-order valence-electron chi connectivity index (χ0n) is 12.6. The summed E-state index contributed by atoms with van der Waals surface area (Å²) in [6.07, 6.45) is 0.954. The van der Waals surface area contributed by atoms with Crippen LogP contribution in [0.25, 0.3) is 0 Å². The van der Waals surface area contributed by atoms with Gasteiger partial charge in [0, 0.05) is 11.6 Å². The third kappa shape index (κ3) is 5.08. The van der Waals surface area contributed by atoms with E-state index in [1.807, 2.05) is 49.4 Å². The van der Waals surface area contributed by atoms with Gasteiger partial charge >= 0.3 is 0 Å². The van der Waals surface area contributed by atoms with E-state index >= 15 is 0 Å². The smallest absolute Gasteiger partial charge is 0.230 e. The molecular formula is C18H20ClNOS. The molecule has 0 fully saturated rings. The first-order valence-electron chi connectivity index (χ1n) is 7.39. The lowest BCUT2D eigenvalue weighted by Gasteiger charge is -2.17. The summed E-state index contributed by atoms with van der Waals surface area (Å²) < 4.78 is 0. The van der Waals surface area contributed by atoms with Gasteiger partial charge in [0.05, 0.1) is 11.0 Å². The van der Waals surface area contributed by atoms with Crippen LogP contribution in [0.2, 0.25) is 5.02 Å². The van der Waals surface area contributed by atoms with Crippen LogP contribution in [0.3, 0.4) is 0 Å². The first kappa shape index (κ1) is 16.9. The van der Waals surface area contributed by atoms with Crippen LogP contribution >= 0.6 is 23.4 Å². The molecular weight excluding hydrogens is 314 g/mol. The van der Waals surface area contributed by atoms with Crippen LogP contribution in [0.5, 0.6) is 0 Å². The SMILES string of the molecule is CCCNC(=O)CSC(c1ccccc1)c1ccc(Cl)cc1. The maximum atomic E-state index is 11.9. The summed E-state index contributed by atoms with van der Waals surface area (Å²) in [6, 6.07) is 18.1. The topological polar surface area (TPSA) is 29.1 Å². The van der Waals surface area contributed by atoms with E-state index in [4.69, 9.17) is 11.6 Å². The van der Waals surface area contributed by atoms with Gasteiger partial charge in [-0.15, -0.1) is 11.8 Å². The van der Waals surface area contributed by atoms with E-state index in [0.717, 1.165) is 23.6 Å². The number of hydrogen-bond donors (Lipinski definition) is 1. The Morgan fingerprint density at radius 3 is 2.36 bits per heavy atom. The maximum Gasteiger partial charge on any atom is 0.230 e. The molecule has 2 aromatic rings. The maximum absolute atomic E-state index is 11.9. The fraction of sp³-hybridized carbons (Fsp3) is 0.278. The molecule has 0 aliphatic heterocycles. The van der Waals surface area contributed by atoms with Crippen molar-refractivity contribution in [2.45, 2.75) is 18.6 Å². The Bertz CT molecular complexity index is 586. The van der Waals surface area contributed by atoms with Gasteiger partial charge in [0.1, 0.15) is 0 Å². The van der Waals surface area contributed by atoms with Crippen molar-refractivity contribution >= 4 is 29.3 Å². The highest BCUT2D eigenvalue weighted by molar-refractivity contribution is 8.00. The molecule has 1 N–H and O–H groups in total. The Morgan fingerprint density at radius 2 is 1.73 bits per heavy atom. The quantitative estimate of drug-likeness (QED) is 0.796. The van der Waals surface area contributed by atoms with E-state index in [1.165, 1.54) is 5.56 Å². The summed E-state index contributed by atoms with van der Waals surface area (Å²) in [5.74, 6) is 0.532. The van der Waals surface area contributed by atoms with Gasteiger partial charge in [-0.3, -0.25) is 4.79 Å². The minimum Gasteiger partial charge on any atom is -0.355 e. The number of rotatable bonds is 7. The highest BCUT2D eigenvalue weighted by Gasteiger charge is 2.16. The molecule has 2 aromatic carbocycles. The van der Waals surface area contributed by atoms with Gasteiger partial charge in [-0.1, -0.05) is 61.0 Å². The molecule has 0 bridgehead atoms. The average molecular weight is 334 g/mol. The van der Waals surface area contributed by atoms with E-state index in [-0.39, 0.29) is 11.2 Å². The molecule has 0 aliphatic carbocycles. The monoisotopic (exact) mass is 333 g/mol. The predicted octanol–water partition coefficient (Wildman–Crippen LogP) is 4.69. The highest BCUT2D eigenvalue weighted by Crippen LogP contribution is 2.35. The summed E-state index contributed by atoms with van der Waals surface area (Å²) >= 11 is 7.61. The molecule has 0 saturated heterocycles. The second-order valence-corrected chi connectivity index (χ2v) is 6.53. The van der Waals surface area contributed by atoms with Gasteiger partial charge in [-0.05, 0) is 29.7 Å². The number of amides is 1. The molecule has 2 rings (SSSR count). The number of thioether (sulfide) groups is 1. The zero-order chi connectivity index (χ0) is 15.8. The molecule has 116 valence electrons. The average Bonchev–Trinajstić information content (AvgIpc) is 2.55. The van der Waals surface area contributed by atoms with Crippen molar-refractivity contribution in [3.05, 3.63) is 70.7 Å². The molecule has 0 aliphatic rings. The van der Waals surface area contributed by atoms with Crippen LogP contribution in [0.15, 0.2) is 54.6 Å². The Kier molecular flexibility index (Phi) is 6.81. The van der Waals surface area contributed by atoms with Crippen molar-refractivity contribution < 1.29 is 4.79 Å². The van der Waals surface area contributed by atoms with Gasteiger partial charge < -0.3 is 5.32 Å². The van der Waals surface area contributed by atoms with Crippen molar-refractivity contribution in [1.29, 1.82) is 0 Å². The molecule has 1 atom stereocenters. The molecule has 2 nitrogen and oxygen atoms in total. The summed E-state index contributed by atoms with van der Waals surface area (Å²) in [6.45, 7) is 2.78. The van der Waals surface area contributed by atoms with Crippen molar-refractivity contribution in [3.63, 3.8) is 0 Å². The van der Waals surface area contributed by atoms with E-state index < -0.39 is 0 Å². The Balaban J connectivity index is 2.12. The fourth-order valence-electron chi connectivity index (χ4n) is 2.12. The van der Waals surface area contributed by atoms with E-state index in [2.05, 4.69) is 17.4 Å². The third-order valence-corrected chi connectivity index (χ3v) is 4.79. The van der Waals surface area contributed by atoms with Gasteiger partial charge in [0.25, 0.3) is 0 Å². The van der Waals surface area contributed by atoms with E-state index in [1.54, 1.807) is 11.8 Å². The molecule has 0 radical (unpaired) electrons. The number of halogens is 1. The van der Waals surface area contributed by atoms with Gasteiger partial charge in [0.15, 0.2) is 0 Å². The van der Waals surface area contributed by atoms with Crippen LogP contribution in [-0.4, -0.2) is 18.2 Å². The highest BCUT2D eigenvalue weighted by atomic mass is 35.5. The minimum atomic E-state index is 0.0849. The lowest BCUT2D eigenvalue weighted by molar-refractivity contribution is -0.118. The summed E-state index contributed by atoms with van der Waals surface area (Å²) in [4.78, 5) is 11.9. The second kappa shape index (κ2) is 8.86. The summed E-state index contributed by atoms with van der Waals surface area (Å²) in [5, 5.41) is 3.77. The third-order valence-electron chi connectivity index (χ3n) is 3.23. The minimum absolute atomic E-state index is 0.0849. The van der Waals surface area contributed by atoms with Crippen LogP contribution < -0.4 is 5.32 Å². The summed E-state index contributed by atoms with van der Waals surface area (Å²) in [7, 11) is 0. The van der Waals surface area contributed by atoms with Gasteiger partial charge in [-0.25, -0.2) is 0 Å². The van der Waals surface area contributed by atoms with E-state index in [9.17, 15) is 4.79 Å². The van der Waals surface area contributed by atoms with E-state index in [0.29, 0.717) is 5.75 Å².